The van der Waals surface area contributed by atoms with Crippen LogP contribution in [0.5, 0.6) is 0 Å². The molecule has 0 aromatic heterocycles. The minimum atomic E-state index is -1.08. The van der Waals surface area contributed by atoms with Crippen molar-refractivity contribution in [1.82, 2.24) is 0 Å². The molecular weight excluding hydrogens is 140 g/mol. The van der Waals surface area contributed by atoms with E-state index in [1.54, 1.807) is 6.08 Å². The predicted molar refractivity (Wildman–Crippen MR) is 41.1 cm³/mol. The molecule has 0 saturated heterocycles. The summed E-state index contributed by atoms with van der Waals surface area (Å²) in [4.78, 5) is 11.4. The van der Waals surface area contributed by atoms with Gasteiger partial charge in [0.25, 0.3) is 0 Å². The number of ketones is 1. The SMILES string of the molecule is O=C1[C@@H]2CC=C[C@@]1(O)CCC2. The zero-order chi connectivity index (χ0) is 7.90. The highest BCUT2D eigenvalue weighted by Gasteiger charge is 2.42. The number of allylic oxidation sites excluding steroid dienone is 1. The highest BCUT2D eigenvalue weighted by Crippen LogP contribution is 2.35. The Kier molecular flexibility index (Phi) is 1.39. The highest BCUT2D eigenvalue weighted by atomic mass is 16.3. The van der Waals surface area contributed by atoms with Gasteiger partial charge in [0.05, 0.1) is 0 Å². The van der Waals surface area contributed by atoms with Crippen LogP contribution < -0.4 is 0 Å². The number of aliphatic hydroxyl groups is 1. The number of Topliss-reactive ketones (excluding diaryl/α,β-unsaturated/α-hetero) is 1. The van der Waals surface area contributed by atoms with Gasteiger partial charge in [0, 0.05) is 5.92 Å². The van der Waals surface area contributed by atoms with Crippen LogP contribution in [0.2, 0.25) is 0 Å². The molecule has 1 N–H and O–H groups in total. The summed E-state index contributed by atoms with van der Waals surface area (Å²) in [6.07, 6.45) is 7.01. The van der Waals surface area contributed by atoms with E-state index in [2.05, 4.69) is 0 Å². The normalized spacial score (nSPS) is 42.6. The van der Waals surface area contributed by atoms with E-state index in [4.69, 9.17) is 0 Å². The van der Waals surface area contributed by atoms with Crippen LogP contribution >= 0.6 is 0 Å². The van der Waals surface area contributed by atoms with Crippen LogP contribution in [0.4, 0.5) is 0 Å². The molecule has 0 aliphatic heterocycles. The second kappa shape index (κ2) is 2.18. The lowest BCUT2D eigenvalue weighted by molar-refractivity contribution is -0.141. The number of carbonyl (C=O) groups is 1. The van der Waals surface area contributed by atoms with Crippen molar-refractivity contribution in [2.45, 2.75) is 31.3 Å². The minimum Gasteiger partial charge on any atom is -0.378 e. The summed E-state index contributed by atoms with van der Waals surface area (Å²) >= 11 is 0. The molecule has 11 heavy (non-hydrogen) atoms. The van der Waals surface area contributed by atoms with Gasteiger partial charge in [-0.05, 0) is 31.8 Å². The number of rotatable bonds is 0. The molecule has 0 unspecified atom stereocenters. The topological polar surface area (TPSA) is 37.3 Å². The first kappa shape index (κ1) is 7.04. The van der Waals surface area contributed by atoms with Gasteiger partial charge in [0.2, 0.25) is 0 Å². The van der Waals surface area contributed by atoms with E-state index < -0.39 is 5.60 Å². The van der Waals surface area contributed by atoms with E-state index in [0.717, 1.165) is 19.3 Å². The first-order chi connectivity index (χ1) is 5.22. The van der Waals surface area contributed by atoms with Gasteiger partial charge in [-0.3, -0.25) is 4.79 Å². The fraction of sp³-hybridized carbons (Fsp3) is 0.667. The molecule has 2 heteroatoms. The maximum Gasteiger partial charge on any atom is 0.171 e. The molecule has 2 rings (SSSR count). The maximum atomic E-state index is 11.4. The molecule has 0 aromatic carbocycles. The summed E-state index contributed by atoms with van der Waals surface area (Å²) in [6, 6.07) is 0. The molecule has 0 spiro atoms. The van der Waals surface area contributed by atoms with Crippen molar-refractivity contribution < 1.29 is 9.90 Å². The summed E-state index contributed by atoms with van der Waals surface area (Å²) < 4.78 is 0. The summed E-state index contributed by atoms with van der Waals surface area (Å²) in [5.41, 5.74) is -1.08. The molecule has 2 bridgehead atoms. The molecule has 0 amide bonds. The van der Waals surface area contributed by atoms with Crippen LogP contribution in [-0.4, -0.2) is 16.5 Å². The van der Waals surface area contributed by atoms with Gasteiger partial charge in [-0.25, -0.2) is 0 Å². The van der Waals surface area contributed by atoms with Crippen LogP contribution in [0, 0.1) is 5.92 Å². The molecule has 2 aliphatic rings. The summed E-state index contributed by atoms with van der Waals surface area (Å²) in [5.74, 6) is 0.157. The third-order valence-corrected chi connectivity index (χ3v) is 2.72. The zero-order valence-corrected chi connectivity index (χ0v) is 6.42. The van der Waals surface area contributed by atoms with Crippen LogP contribution in [0.15, 0.2) is 12.2 Å². The number of hydrogen-bond acceptors (Lipinski definition) is 2. The Balaban J connectivity index is 2.36. The molecule has 0 heterocycles. The predicted octanol–water partition coefficient (Wildman–Crippen LogP) is 1.05. The second-order valence-electron chi connectivity index (χ2n) is 3.52. The lowest BCUT2D eigenvalue weighted by Gasteiger charge is -2.35. The highest BCUT2D eigenvalue weighted by molar-refractivity contribution is 5.92. The number of fused-ring (bicyclic) bond motifs is 2. The van der Waals surface area contributed by atoms with Crippen LogP contribution in [0.25, 0.3) is 0 Å². The van der Waals surface area contributed by atoms with Gasteiger partial charge in [0.1, 0.15) is 5.60 Å². The van der Waals surface area contributed by atoms with Crippen molar-refractivity contribution in [1.29, 1.82) is 0 Å². The van der Waals surface area contributed by atoms with Gasteiger partial charge in [-0.15, -0.1) is 0 Å². The smallest absolute Gasteiger partial charge is 0.171 e. The summed E-state index contributed by atoms with van der Waals surface area (Å²) in [5, 5.41) is 9.73. The summed E-state index contributed by atoms with van der Waals surface area (Å²) in [6.45, 7) is 0. The average molecular weight is 152 g/mol. The Bertz CT molecular complexity index is 220. The van der Waals surface area contributed by atoms with Crippen molar-refractivity contribution in [3.8, 4) is 0 Å². The van der Waals surface area contributed by atoms with Gasteiger partial charge in [0.15, 0.2) is 5.78 Å². The Morgan fingerprint density at radius 2 is 2.45 bits per heavy atom. The quantitative estimate of drug-likeness (QED) is 0.527. The molecule has 60 valence electrons. The Morgan fingerprint density at radius 1 is 1.64 bits per heavy atom. The molecule has 0 radical (unpaired) electrons. The van der Waals surface area contributed by atoms with E-state index >= 15 is 0 Å². The molecule has 2 nitrogen and oxygen atoms in total. The van der Waals surface area contributed by atoms with E-state index in [-0.39, 0.29) is 11.7 Å². The van der Waals surface area contributed by atoms with E-state index in [0.29, 0.717) is 6.42 Å². The van der Waals surface area contributed by atoms with Crippen molar-refractivity contribution in [3.05, 3.63) is 12.2 Å². The van der Waals surface area contributed by atoms with Crippen molar-refractivity contribution in [2.75, 3.05) is 0 Å². The second-order valence-corrected chi connectivity index (χ2v) is 3.52. The van der Waals surface area contributed by atoms with Crippen LogP contribution in [-0.2, 0) is 4.79 Å². The molecule has 2 aliphatic carbocycles. The fourth-order valence-corrected chi connectivity index (χ4v) is 2.04. The Hall–Kier alpha value is -0.630. The van der Waals surface area contributed by atoms with Gasteiger partial charge < -0.3 is 5.11 Å². The van der Waals surface area contributed by atoms with Crippen molar-refractivity contribution >= 4 is 5.78 Å². The van der Waals surface area contributed by atoms with E-state index in [1.807, 2.05) is 6.08 Å². The molecule has 2 atom stereocenters. The first-order valence-corrected chi connectivity index (χ1v) is 4.17. The zero-order valence-electron chi connectivity index (χ0n) is 6.42. The van der Waals surface area contributed by atoms with Crippen LogP contribution in [0.1, 0.15) is 25.7 Å². The fourth-order valence-electron chi connectivity index (χ4n) is 2.04. The molecule has 0 aromatic rings. The van der Waals surface area contributed by atoms with E-state index in [9.17, 15) is 9.90 Å². The monoisotopic (exact) mass is 152 g/mol. The molecular formula is C9H12O2. The number of carbonyl (C=O) groups excluding carboxylic acids is 1. The average Bonchev–Trinajstić information content (AvgIpc) is 1.93. The minimum absolute atomic E-state index is 0.0475. The Morgan fingerprint density at radius 3 is 3.09 bits per heavy atom. The van der Waals surface area contributed by atoms with Crippen molar-refractivity contribution in [2.24, 2.45) is 5.92 Å². The molecule has 1 saturated carbocycles. The van der Waals surface area contributed by atoms with Gasteiger partial charge in [-0.2, -0.15) is 0 Å². The van der Waals surface area contributed by atoms with E-state index in [1.165, 1.54) is 0 Å². The van der Waals surface area contributed by atoms with Crippen molar-refractivity contribution in [3.63, 3.8) is 0 Å². The maximum absolute atomic E-state index is 11.4. The van der Waals surface area contributed by atoms with Gasteiger partial charge >= 0.3 is 0 Å². The third kappa shape index (κ3) is 0.932. The van der Waals surface area contributed by atoms with Crippen LogP contribution in [0.3, 0.4) is 0 Å². The largest absolute Gasteiger partial charge is 0.378 e. The molecule has 1 fully saturated rings. The summed E-state index contributed by atoms with van der Waals surface area (Å²) in [7, 11) is 0. The standard InChI is InChI=1S/C9H12O2/c10-8-7-3-1-5-9(8,11)6-2-4-7/h1,5,7,11H,2-4,6H2/t7-,9-/m1/s1. The lowest BCUT2D eigenvalue weighted by Crippen LogP contribution is -2.46. The Labute approximate surface area is 65.9 Å². The number of hydrogen-bond donors (Lipinski definition) is 1. The third-order valence-electron chi connectivity index (χ3n) is 2.72. The lowest BCUT2D eigenvalue weighted by atomic mass is 9.72. The van der Waals surface area contributed by atoms with Gasteiger partial charge in [-0.1, -0.05) is 6.08 Å². The first-order valence-electron chi connectivity index (χ1n) is 4.17.